The van der Waals surface area contributed by atoms with E-state index in [1.807, 2.05) is 109 Å². The first kappa shape index (κ1) is 31.7. The van der Waals surface area contributed by atoms with Gasteiger partial charge in [-0.15, -0.1) is 0 Å². The van der Waals surface area contributed by atoms with Gasteiger partial charge in [0, 0.05) is 44.3 Å². The number of fused-ring (bicyclic) bond motifs is 7. The lowest BCUT2D eigenvalue weighted by atomic mass is 10.1. The highest BCUT2D eigenvalue weighted by molar-refractivity contribution is 6.24. The lowest BCUT2D eigenvalue weighted by Gasteiger charge is -2.11. The maximum atomic E-state index is 6.74. The molecule has 4 aromatic heterocycles. The topological polar surface area (TPSA) is 82.5 Å². The van der Waals surface area contributed by atoms with Gasteiger partial charge in [-0.2, -0.15) is 0 Å². The minimum atomic E-state index is 0.605. The molecule has 0 saturated heterocycles. The number of nitrogens with zero attached hydrogens (tertiary/aromatic N) is 6. The third-order valence-electron chi connectivity index (χ3n) is 10.3. The highest BCUT2D eigenvalue weighted by Gasteiger charge is 2.24. The van der Waals surface area contributed by atoms with Crippen LogP contribution in [0.1, 0.15) is 0 Å². The summed E-state index contributed by atoms with van der Waals surface area (Å²) in [5, 5.41) is 3.19. The van der Waals surface area contributed by atoms with Crippen LogP contribution in [0.25, 0.3) is 106 Å². The first-order chi connectivity index (χ1) is 27.8. The molecule has 0 saturated carbocycles. The zero-order chi connectivity index (χ0) is 37.0. The molecule has 7 aromatic carbocycles. The van der Waals surface area contributed by atoms with Crippen LogP contribution >= 0.6 is 0 Å². The van der Waals surface area contributed by atoms with Gasteiger partial charge in [-0.1, -0.05) is 140 Å². The van der Waals surface area contributed by atoms with Crippen LogP contribution in [-0.4, -0.2) is 29.5 Å². The summed E-state index contributed by atoms with van der Waals surface area (Å²) in [7, 11) is 0. The largest absolute Gasteiger partial charge is 0.452 e. The second-order valence-corrected chi connectivity index (χ2v) is 13.7. The third-order valence-corrected chi connectivity index (χ3v) is 10.3. The molecule has 262 valence electrons. The van der Waals surface area contributed by atoms with Gasteiger partial charge in [-0.3, -0.25) is 0 Å². The number of hydrogen-bond donors (Lipinski definition) is 0. The van der Waals surface area contributed by atoms with E-state index in [1.54, 1.807) is 0 Å². The van der Waals surface area contributed by atoms with Crippen molar-refractivity contribution >= 4 is 43.9 Å². The molecule has 0 atom stereocenters. The van der Waals surface area contributed by atoms with E-state index in [0.29, 0.717) is 28.9 Å². The van der Waals surface area contributed by atoms with Crippen molar-refractivity contribution in [3.05, 3.63) is 182 Å². The Bertz CT molecular complexity index is 3160. The summed E-state index contributed by atoms with van der Waals surface area (Å²) in [5.41, 5.74) is 10.7. The number of benzene rings is 7. The minimum Gasteiger partial charge on any atom is -0.452 e. The molecule has 0 aliphatic rings. The molecule has 7 heteroatoms. The van der Waals surface area contributed by atoms with Crippen molar-refractivity contribution in [3.8, 4) is 62.5 Å². The second kappa shape index (κ2) is 13.0. The molecule has 11 rings (SSSR count). The van der Waals surface area contributed by atoms with Gasteiger partial charge in [0.25, 0.3) is 0 Å². The van der Waals surface area contributed by atoms with E-state index >= 15 is 0 Å². The fraction of sp³-hybridized carbons (Fsp3) is 0. The van der Waals surface area contributed by atoms with Gasteiger partial charge < -0.3 is 8.98 Å². The molecule has 0 unspecified atom stereocenters. The minimum absolute atomic E-state index is 0.605. The van der Waals surface area contributed by atoms with E-state index in [-0.39, 0.29) is 0 Å². The standard InChI is InChI=1S/C49H30N6O/c1-5-15-31(16-6-1)42-45-43(51-46(50-42)32-17-7-2-8-18-32)41-40(56-45)30-29-38-37-23-13-14-24-39(37)55(44(38)41)36-27-25-35(26-28-36)49-53-47(33-19-9-3-10-20-33)52-48(54-49)34-21-11-4-12-22-34/h1-30H. The zero-order valence-electron chi connectivity index (χ0n) is 29.9. The smallest absolute Gasteiger partial charge is 0.180 e. The number of hydrogen-bond acceptors (Lipinski definition) is 6. The predicted molar refractivity (Wildman–Crippen MR) is 224 cm³/mol. The number of para-hydroxylation sites is 1. The summed E-state index contributed by atoms with van der Waals surface area (Å²) in [6.45, 7) is 0. The third kappa shape index (κ3) is 5.25. The Morgan fingerprint density at radius 1 is 0.375 bits per heavy atom. The Kier molecular flexibility index (Phi) is 7.35. The fourth-order valence-corrected chi connectivity index (χ4v) is 7.65. The van der Waals surface area contributed by atoms with Gasteiger partial charge in [0.1, 0.15) is 16.8 Å². The summed E-state index contributed by atoms with van der Waals surface area (Å²) in [6, 6.07) is 61.6. The molecule has 0 N–H and O–H groups in total. The lowest BCUT2D eigenvalue weighted by molar-refractivity contribution is 0.667. The van der Waals surface area contributed by atoms with E-state index < -0.39 is 0 Å². The van der Waals surface area contributed by atoms with Crippen LogP contribution < -0.4 is 0 Å². The molecule has 7 nitrogen and oxygen atoms in total. The molecule has 0 aliphatic carbocycles. The van der Waals surface area contributed by atoms with Crippen LogP contribution in [0.4, 0.5) is 0 Å². The van der Waals surface area contributed by atoms with Crippen molar-refractivity contribution in [1.82, 2.24) is 29.5 Å². The van der Waals surface area contributed by atoms with Crippen LogP contribution in [0.3, 0.4) is 0 Å². The Morgan fingerprint density at radius 3 is 1.43 bits per heavy atom. The Hall–Kier alpha value is -7.77. The number of furan rings is 1. The first-order valence-electron chi connectivity index (χ1n) is 18.5. The highest BCUT2D eigenvalue weighted by Crippen LogP contribution is 2.43. The molecule has 56 heavy (non-hydrogen) atoms. The molecule has 0 aliphatic heterocycles. The van der Waals surface area contributed by atoms with Crippen LogP contribution in [0.5, 0.6) is 0 Å². The summed E-state index contributed by atoms with van der Waals surface area (Å²) < 4.78 is 9.05. The average molecular weight is 719 g/mol. The van der Waals surface area contributed by atoms with Gasteiger partial charge in [0.05, 0.1) is 16.4 Å². The second-order valence-electron chi connectivity index (χ2n) is 13.7. The van der Waals surface area contributed by atoms with Gasteiger partial charge in [-0.25, -0.2) is 24.9 Å². The van der Waals surface area contributed by atoms with Crippen molar-refractivity contribution in [1.29, 1.82) is 0 Å². The summed E-state index contributed by atoms with van der Waals surface area (Å²) in [4.78, 5) is 25.2. The van der Waals surface area contributed by atoms with E-state index in [4.69, 9.17) is 29.3 Å². The Balaban J connectivity index is 1.14. The lowest BCUT2D eigenvalue weighted by Crippen LogP contribution is -2.00. The molecule has 4 heterocycles. The van der Waals surface area contributed by atoms with E-state index in [2.05, 4.69) is 77.4 Å². The van der Waals surface area contributed by atoms with Crippen LogP contribution in [0.2, 0.25) is 0 Å². The van der Waals surface area contributed by atoms with E-state index in [9.17, 15) is 0 Å². The van der Waals surface area contributed by atoms with Gasteiger partial charge in [0.2, 0.25) is 0 Å². The summed E-state index contributed by atoms with van der Waals surface area (Å²) in [6.07, 6.45) is 0. The maximum Gasteiger partial charge on any atom is 0.180 e. The van der Waals surface area contributed by atoms with Crippen LogP contribution in [0.15, 0.2) is 186 Å². The zero-order valence-corrected chi connectivity index (χ0v) is 29.9. The van der Waals surface area contributed by atoms with Crippen molar-refractivity contribution in [2.75, 3.05) is 0 Å². The predicted octanol–water partition coefficient (Wildman–Crippen LogP) is 12.0. The van der Waals surface area contributed by atoms with Crippen LogP contribution in [-0.2, 0) is 0 Å². The van der Waals surface area contributed by atoms with Crippen LogP contribution in [0, 0.1) is 0 Å². The maximum absolute atomic E-state index is 6.74. The molecular formula is C49H30N6O. The molecular weight excluding hydrogens is 689 g/mol. The average Bonchev–Trinajstić information content (AvgIpc) is 3.83. The normalized spacial score (nSPS) is 11.6. The fourth-order valence-electron chi connectivity index (χ4n) is 7.65. The van der Waals surface area contributed by atoms with Crippen molar-refractivity contribution < 1.29 is 4.42 Å². The molecule has 0 spiro atoms. The van der Waals surface area contributed by atoms with Crippen molar-refractivity contribution in [2.45, 2.75) is 0 Å². The molecule has 0 fully saturated rings. The molecule has 0 radical (unpaired) electrons. The van der Waals surface area contributed by atoms with Gasteiger partial charge in [0.15, 0.2) is 28.9 Å². The highest BCUT2D eigenvalue weighted by atomic mass is 16.3. The summed E-state index contributed by atoms with van der Waals surface area (Å²) in [5.74, 6) is 2.50. The SMILES string of the molecule is c1ccc(-c2nc(-c3ccccc3)nc(-c3ccc(-n4c5ccccc5c5ccc6oc7c(-c8ccccc8)nc(-c8ccccc8)nc7c6c54)cc3)n2)cc1. The van der Waals surface area contributed by atoms with Crippen molar-refractivity contribution in [2.24, 2.45) is 0 Å². The van der Waals surface area contributed by atoms with Crippen molar-refractivity contribution in [3.63, 3.8) is 0 Å². The Morgan fingerprint density at radius 2 is 0.857 bits per heavy atom. The number of rotatable bonds is 6. The van der Waals surface area contributed by atoms with E-state index in [1.165, 1.54) is 0 Å². The Labute approximate surface area is 321 Å². The quantitative estimate of drug-likeness (QED) is 0.170. The van der Waals surface area contributed by atoms with Gasteiger partial charge >= 0.3 is 0 Å². The molecule has 0 bridgehead atoms. The number of aromatic nitrogens is 6. The van der Waals surface area contributed by atoms with Gasteiger partial charge in [-0.05, 0) is 42.5 Å². The molecule has 11 aromatic rings. The first-order valence-corrected chi connectivity index (χ1v) is 18.5. The van der Waals surface area contributed by atoms with E-state index in [0.717, 1.165) is 77.5 Å². The summed E-state index contributed by atoms with van der Waals surface area (Å²) >= 11 is 0. The monoisotopic (exact) mass is 718 g/mol. The molecule has 0 amide bonds.